The zero-order chi connectivity index (χ0) is 22.0. The van der Waals surface area contributed by atoms with Crippen molar-refractivity contribution in [2.24, 2.45) is 0 Å². The van der Waals surface area contributed by atoms with Crippen molar-refractivity contribution in [3.8, 4) is 5.69 Å². The third kappa shape index (κ3) is 4.44. The Morgan fingerprint density at radius 1 is 0.774 bits per heavy atom. The van der Waals surface area contributed by atoms with E-state index in [-0.39, 0.29) is 5.82 Å². The lowest BCUT2D eigenvalue weighted by atomic mass is 10.1. The molecule has 2 aromatic carbocycles. The van der Waals surface area contributed by atoms with Crippen LogP contribution in [0.4, 0.5) is 4.39 Å². The van der Waals surface area contributed by atoms with E-state index in [4.69, 9.17) is 5.10 Å². The molecule has 5 nitrogen and oxygen atoms in total. The summed E-state index contributed by atoms with van der Waals surface area (Å²) in [6, 6.07) is 16.8. The molecule has 31 heavy (non-hydrogen) atoms. The van der Waals surface area contributed by atoms with Crippen LogP contribution in [-0.2, 0) is 19.6 Å². The SMILES string of the molecule is Cc1nn(Cc2ccccc2)c(C)c1CNCc1c(C)nn(-c2ccc(F)cc2)c1C. The number of rotatable bonds is 7. The monoisotopic (exact) mass is 417 g/mol. The van der Waals surface area contributed by atoms with Crippen LogP contribution >= 0.6 is 0 Å². The minimum absolute atomic E-state index is 0.245. The molecule has 2 heterocycles. The number of aryl methyl sites for hydroxylation is 2. The summed E-state index contributed by atoms with van der Waals surface area (Å²) < 4.78 is 17.2. The number of halogens is 1. The van der Waals surface area contributed by atoms with E-state index in [9.17, 15) is 4.39 Å². The van der Waals surface area contributed by atoms with Gasteiger partial charge in [0.2, 0.25) is 0 Å². The van der Waals surface area contributed by atoms with Crippen molar-refractivity contribution in [1.82, 2.24) is 24.9 Å². The molecule has 0 radical (unpaired) electrons. The van der Waals surface area contributed by atoms with Gasteiger partial charge in [-0.25, -0.2) is 9.07 Å². The van der Waals surface area contributed by atoms with Gasteiger partial charge >= 0.3 is 0 Å². The smallest absolute Gasteiger partial charge is 0.123 e. The predicted octanol–water partition coefficient (Wildman–Crippen LogP) is 4.78. The van der Waals surface area contributed by atoms with E-state index >= 15 is 0 Å². The van der Waals surface area contributed by atoms with Crippen molar-refractivity contribution in [2.45, 2.75) is 47.3 Å². The largest absolute Gasteiger partial charge is 0.308 e. The van der Waals surface area contributed by atoms with Gasteiger partial charge in [0.1, 0.15) is 5.82 Å². The number of aromatic nitrogens is 4. The number of hydrogen-bond acceptors (Lipinski definition) is 3. The van der Waals surface area contributed by atoms with Crippen LogP contribution in [0.2, 0.25) is 0 Å². The van der Waals surface area contributed by atoms with Gasteiger partial charge in [0.15, 0.2) is 0 Å². The quantitative estimate of drug-likeness (QED) is 0.471. The third-order valence-electron chi connectivity index (χ3n) is 5.82. The number of nitrogens with zero attached hydrogens (tertiary/aromatic N) is 4. The third-order valence-corrected chi connectivity index (χ3v) is 5.82. The molecule has 0 aliphatic heterocycles. The zero-order valence-corrected chi connectivity index (χ0v) is 18.5. The molecular weight excluding hydrogens is 389 g/mol. The van der Waals surface area contributed by atoms with Crippen LogP contribution in [0, 0.1) is 33.5 Å². The topological polar surface area (TPSA) is 47.7 Å². The summed E-state index contributed by atoms with van der Waals surface area (Å²) >= 11 is 0. The van der Waals surface area contributed by atoms with Gasteiger partial charge in [-0.15, -0.1) is 0 Å². The molecule has 0 aliphatic carbocycles. The van der Waals surface area contributed by atoms with E-state index in [1.807, 2.05) is 17.7 Å². The maximum absolute atomic E-state index is 13.3. The molecule has 6 heteroatoms. The maximum Gasteiger partial charge on any atom is 0.123 e. The Kier molecular flexibility index (Phi) is 6.00. The van der Waals surface area contributed by atoms with Gasteiger partial charge in [0.25, 0.3) is 0 Å². The zero-order valence-electron chi connectivity index (χ0n) is 18.5. The highest BCUT2D eigenvalue weighted by Gasteiger charge is 2.15. The fourth-order valence-corrected chi connectivity index (χ4v) is 3.98. The molecule has 0 saturated carbocycles. The van der Waals surface area contributed by atoms with Crippen LogP contribution in [0.1, 0.15) is 39.5 Å². The fraction of sp³-hybridized carbons (Fsp3) is 0.280. The standard InChI is InChI=1S/C25H28FN5/c1-17-24(19(3)30(28-17)16-21-8-6-5-7-9-21)14-27-15-25-18(2)29-31(20(25)4)23-12-10-22(26)11-13-23/h5-13,27H,14-16H2,1-4H3. The van der Waals surface area contributed by atoms with Gasteiger partial charge in [-0.2, -0.15) is 10.2 Å². The maximum atomic E-state index is 13.3. The number of nitrogens with one attached hydrogen (secondary N) is 1. The molecule has 4 aromatic rings. The van der Waals surface area contributed by atoms with E-state index in [1.54, 1.807) is 12.1 Å². The van der Waals surface area contributed by atoms with Crippen molar-refractivity contribution >= 4 is 0 Å². The summed E-state index contributed by atoms with van der Waals surface area (Å²) in [6.07, 6.45) is 0. The highest BCUT2D eigenvalue weighted by molar-refractivity contribution is 5.37. The van der Waals surface area contributed by atoms with Gasteiger partial charge in [-0.05, 0) is 57.5 Å². The Morgan fingerprint density at radius 3 is 2.06 bits per heavy atom. The van der Waals surface area contributed by atoms with Crippen molar-refractivity contribution in [3.63, 3.8) is 0 Å². The molecule has 0 bridgehead atoms. The Labute approximate surface area is 182 Å². The molecule has 0 fully saturated rings. The molecule has 160 valence electrons. The van der Waals surface area contributed by atoms with Crippen LogP contribution in [0.3, 0.4) is 0 Å². The lowest BCUT2D eigenvalue weighted by Crippen LogP contribution is -2.15. The van der Waals surface area contributed by atoms with Gasteiger partial charge in [-0.1, -0.05) is 30.3 Å². The second kappa shape index (κ2) is 8.86. The predicted molar refractivity (Wildman–Crippen MR) is 121 cm³/mol. The van der Waals surface area contributed by atoms with Crippen LogP contribution < -0.4 is 5.32 Å². The minimum atomic E-state index is -0.245. The first-order valence-electron chi connectivity index (χ1n) is 10.5. The first-order chi connectivity index (χ1) is 14.9. The van der Waals surface area contributed by atoms with Crippen LogP contribution in [0.5, 0.6) is 0 Å². The fourth-order valence-electron chi connectivity index (χ4n) is 3.98. The lowest BCUT2D eigenvalue weighted by molar-refractivity contribution is 0.627. The first-order valence-corrected chi connectivity index (χ1v) is 10.5. The van der Waals surface area contributed by atoms with Gasteiger partial charge in [0.05, 0.1) is 23.6 Å². The van der Waals surface area contributed by atoms with Crippen LogP contribution in [0.15, 0.2) is 54.6 Å². The Balaban J connectivity index is 1.46. The first kappa shape index (κ1) is 21.0. The van der Waals surface area contributed by atoms with E-state index in [1.165, 1.54) is 29.0 Å². The highest BCUT2D eigenvalue weighted by atomic mass is 19.1. The summed E-state index contributed by atoms with van der Waals surface area (Å²) in [7, 11) is 0. The van der Waals surface area contributed by atoms with Crippen molar-refractivity contribution in [1.29, 1.82) is 0 Å². The molecule has 0 atom stereocenters. The molecule has 0 saturated heterocycles. The summed E-state index contributed by atoms with van der Waals surface area (Å²) in [6.45, 7) is 10.5. The average molecular weight is 418 g/mol. The lowest BCUT2D eigenvalue weighted by Gasteiger charge is -2.08. The van der Waals surface area contributed by atoms with Crippen molar-refractivity contribution in [2.75, 3.05) is 0 Å². The summed E-state index contributed by atoms with van der Waals surface area (Å²) in [5.74, 6) is -0.245. The Bertz CT molecular complexity index is 1170. The highest BCUT2D eigenvalue weighted by Crippen LogP contribution is 2.19. The second-order valence-electron chi connectivity index (χ2n) is 7.93. The Morgan fingerprint density at radius 2 is 1.39 bits per heavy atom. The minimum Gasteiger partial charge on any atom is -0.308 e. The Hall–Kier alpha value is -3.25. The molecule has 2 aromatic heterocycles. The van der Waals surface area contributed by atoms with Gasteiger partial charge < -0.3 is 5.32 Å². The molecule has 1 N–H and O–H groups in total. The van der Waals surface area contributed by atoms with Crippen molar-refractivity contribution < 1.29 is 4.39 Å². The number of hydrogen-bond donors (Lipinski definition) is 1. The number of benzene rings is 2. The molecule has 0 spiro atoms. The summed E-state index contributed by atoms with van der Waals surface area (Å²) in [5.41, 5.74) is 8.77. The average Bonchev–Trinajstić information content (AvgIpc) is 3.19. The van der Waals surface area contributed by atoms with Crippen LogP contribution in [0.25, 0.3) is 5.69 Å². The van der Waals surface area contributed by atoms with E-state index in [0.717, 1.165) is 41.4 Å². The normalized spacial score (nSPS) is 11.3. The second-order valence-corrected chi connectivity index (χ2v) is 7.93. The molecule has 4 rings (SSSR count). The molecule has 0 aliphatic rings. The van der Waals surface area contributed by atoms with Crippen LogP contribution in [-0.4, -0.2) is 19.6 Å². The van der Waals surface area contributed by atoms with E-state index in [2.05, 4.69) is 60.1 Å². The summed E-state index contributed by atoms with van der Waals surface area (Å²) in [4.78, 5) is 0. The van der Waals surface area contributed by atoms with Crippen molar-refractivity contribution in [3.05, 3.63) is 99.9 Å². The van der Waals surface area contributed by atoms with Gasteiger partial charge in [-0.3, -0.25) is 4.68 Å². The molecule has 0 unspecified atom stereocenters. The summed E-state index contributed by atoms with van der Waals surface area (Å²) in [5, 5.41) is 13.0. The van der Waals surface area contributed by atoms with Gasteiger partial charge in [0, 0.05) is 35.6 Å². The molecular formula is C25H28FN5. The van der Waals surface area contributed by atoms with E-state index in [0.29, 0.717) is 6.54 Å². The van der Waals surface area contributed by atoms with E-state index < -0.39 is 0 Å². The molecule has 0 amide bonds.